The number of anilines is 1. The average Bonchev–Trinajstić information content (AvgIpc) is 3.12. The fraction of sp³-hybridized carbons (Fsp3) is 0.353. The van der Waals surface area contributed by atoms with Crippen molar-refractivity contribution < 1.29 is 9.59 Å². The van der Waals surface area contributed by atoms with Crippen LogP contribution in [0.3, 0.4) is 0 Å². The maximum atomic E-state index is 12.5. The highest BCUT2D eigenvalue weighted by atomic mass is 32.1. The number of aromatic nitrogens is 1. The van der Waals surface area contributed by atoms with E-state index in [0.717, 1.165) is 12.8 Å². The highest BCUT2D eigenvalue weighted by molar-refractivity contribution is 7.12. The number of aromatic amines is 1. The molecule has 2 aromatic heterocycles. The van der Waals surface area contributed by atoms with Crippen LogP contribution in [0.25, 0.3) is 0 Å². The van der Waals surface area contributed by atoms with Gasteiger partial charge in [-0.2, -0.15) is 0 Å². The number of thiophene rings is 1. The number of likely N-dealkylation sites (tertiary alicyclic amines) is 1. The van der Waals surface area contributed by atoms with Crippen molar-refractivity contribution in [1.29, 1.82) is 0 Å². The number of aryl methyl sites for hydroxylation is 1. The quantitative estimate of drug-likeness (QED) is 0.895. The van der Waals surface area contributed by atoms with Crippen LogP contribution in [-0.4, -0.2) is 34.8 Å². The summed E-state index contributed by atoms with van der Waals surface area (Å²) in [7, 11) is 0. The summed E-state index contributed by atoms with van der Waals surface area (Å²) in [5, 5.41) is 4.70. The fourth-order valence-electron chi connectivity index (χ4n) is 2.85. The Morgan fingerprint density at radius 3 is 2.96 bits per heavy atom. The number of hydrogen-bond acceptors (Lipinski definition) is 4. The van der Waals surface area contributed by atoms with Crippen molar-refractivity contribution in [3.05, 3.63) is 50.6 Å². The van der Waals surface area contributed by atoms with Crippen LogP contribution < -0.4 is 10.9 Å². The Bertz CT molecular complexity index is 798. The molecule has 1 atom stereocenters. The SMILES string of the molecule is Cc1cc(NC(=O)[C@H]2CCCN(C(=O)c3cccs3)C2)c[nH]c1=O. The molecular formula is C17H19N3O3S. The maximum Gasteiger partial charge on any atom is 0.263 e. The van der Waals surface area contributed by atoms with E-state index in [9.17, 15) is 14.4 Å². The summed E-state index contributed by atoms with van der Waals surface area (Å²) in [4.78, 5) is 41.3. The smallest absolute Gasteiger partial charge is 0.263 e. The first-order valence-corrected chi connectivity index (χ1v) is 8.75. The van der Waals surface area contributed by atoms with E-state index < -0.39 is 0 Å². The minimum absolute atomic E-state index is 0.0117. The Morgan fingerprint density at radius 1 is 1.42 bits per heavy atom. The summed E-state index contributed by atoms with van der Waals surface area (Å²) in [6.45, 7) is 2.79. The number of nitrogens with one attached hydrogen (secondary N) is 2. The number of pyridine rings is 1. The first-order valence-electron chi connectivity index (χ1n) is 7.87. The van der Waals surface area contributed by atoms with Crippen molar-refractivity contribution in [1.82, 2.24) is 9.88 Å². The summed E-state index contributed by atoms with van der Waals surface area (Å²) in [5.74, 6) is -0.373. The van der Waals surface area contributed by atoms with Crippen molar-refractivity contribution in [2.24, 2.45) is 5.92 Å². The molecule has 2 amide bonds. The number of nitrogens with zero attached hydrogens (tertiary/aromatic N) is 1. The molecule has 6 nitrogen and oxygen atoms in total. The van der Waals surface area contributed by atoms with E-state index in [0.29, 0.717) is 29.2 Å². The van der Waals surface area contributed by atoms with Crippen molar-refractivity contribution >= 4 is 28.8 Å². The molecular weight excluding hydrogens is 326 g/mol. The second-order valence-electron chi connectivity index (χ2n) is 5.96. The third kappa shape index (κ3) is 3.56. The number of rotatable bonds is 3. The second-order valence-corrected chi connectivity index (χ2v) is 6.91. The van der Waals surface area contributed by atoms with Gasteiger partial charge in [-0.15, -0.1) is 11.3 Å². The van der Waals surface area contributed by atoms with Gasteiger partial charge in [0.2, 0.25) is 5.91 Å². The van der Waals surface area contributed by atoms with Gasteiger partial charge < -0.3 is 15.2 Å². The van der Waals surface area contributed by atoms with Crippen LogP contribution in [0.15, 0.2) is 34.6 Å². The van der Waals surface area contributed by atoms with Gasteiger partial charge in [0.05, 0.1) is 16.5 Å². The van der Waals surface area contributed by atoms with E-state index in [1.54, 1.807) is 24.0 Å². The van der Waals surface area contributed by atoms with Gasteiger partial charge in [0, 0.05) is 24.8 Å². The molecule has 0 radical (unpaired) electrons. The van der Waals surface area contributed by atoms with Gasteiger partial charge in [-0.1, -0.05) is 6.07 Å². The molecule has 0 aromatic carbocycles. The highest BCUT2D eigenvalue weighted by Gasteiger charge is 2.29. The van der Waals surface area contributed by atoms with Gasteiger partial charge in [0.15, 0.2) is 0 Å². The second kappa shape index (κ2) is 7.00. The van der Waals surface area contributed by atoms with E-state index in [1.165, 1.54) is 17.5 Å². The van der Waals surface area contributed by atoms with E-state index in [4.69, 9.17) is 0 Å². The molecule has 3 heterocycles. The lowest BCUT2D eigenvalue weighted by Gasteiger charge is -2.31. The minimum atomic E-state index is -0.241. The molecule has 2 aromatic rings. The largest absolute Gasteiger partial charge is 0.337 e. The Kier molecular flexibility index (Phi) is 4.80. The Hall–Kier alpha value is -2.41. The standard InChI is InChI=1S/C17H19N3O3S/c1-11-8-13(9-18-15(11)21)19-16(22)12-4-2-6-20(10-12)17(23)14-5-3-7-24-14/h3,5,7-9,12H,2,4,6,10H2,1H3,(H,18,21)(H,19,22)/t12-/m0/s1. The number of carbonyl (C=O) groups excluding carboxylic acids is 2. The Labute approximate surface area is 143 Å². The first-order chi connectivity index (χ1) is 11.5. The molecule has 2 N–H and O–H groups in total. The molecule has 0 spiro atoms. The molecule has 0 saturated carbocycles. The molecule has 1 aliphatic rings. The molecule has 0 aliphatic carbocycles. The van der Waals surface area contributed by atoms with Gasteiger partial charge in [0.1, 0.15) is 0 Å². The number of carbonyl (C=O) groups is 2. The maximum absolute atomic E-state index is 12.5. The van der Waals surface area contributed by atoms with Crippen LogP contribution in [-0.2, 0) is 4.79 Å². The number of hydrogen-bond donors (Lipinski definition) is 2. The summed E-state index contributed by atoms with van der Waals surface area (Å²) in [6.07, 6.45) is 3.05. The lowest BCUT2D eigenvalue weighted by molar-refractivity contribution is -0.121. The molecule has 1 fully saturated rings. The zero-order valence-electron chi connectivity index (χ0n) is 13.4. The molecule has 24 heavy (non-hydrogen) atoms. The number of H-pyrrole nitrogens is 1. The van der Waals surface area contributed by atoms with Crippen molar-refractivity contribution in [3.63, 3.8) is 0 Å². The van der Waals surface area contributed by atoms with Gasteiger partial charge in [0.25, 0.3) is 11.5 Å². The highest BCUT2D eigenvalue weighted by Crippen LogP contribution is 2.21. The van der Waals surface area contributed by atoms with Crippen molar-refractivity contribution in [3.8, 4) is 0 Å². The molecule has 1 saturated heterocycles. The normalized spacial score (nSPS) is 17.5. The summed E-state index contributed by atoms with van der Waals surface area (Å²) >= 11 is 1.41. The fourth-order valence-corrected chi connectivity index (χ4v) is 3.54. The lowest BCUT2D eigenvalue weighted by Crippen LogP contribution is -2.43. The van der Waals surface area contributed by atoms with Crippen LogP contribution in [0.1, 0.15) is 28.1 Å². The molecule has 3 rings (SSSR count). The zero-order valence-corrected chi connectivity index (χ0v) is 14.2. The van der Waals surface area contributed by atoms with Crippen LogP contribution in [0.4, 0.5) is 5.69 Å². The zero-order chi connectivity index (χ0) is 17.1. The van der Waals surface area contributed by atoms with Crippen molar-refractivity contribution in [2.45, 2.75) is 19.8 Å². The summed E-state index contributed by atoms with van der Waals surface area (Å²) < 4.78 is 0. The van der Waals surface area contributed by atoms with Crippen LogP contribution >= 0.6 is 11.3 Å². The van der Waals surface area contributed by atoms with E-state index in [-0.39, 0.29) is 23.3 Å². The summed E-state index contributed by atoms with van der Waals surface area (Å²) in [6, 6.07) is 5.30. The minimum Gasteiger partial charge on any atom is -0.337 e. The van der Waals surface area contributed by atoms with Gasteiger partial charge in [-0.3, -0.25) is 14.4 Å². The monoisotopic (exact) mass is 345 g/mol. The number of amides is 2. The predicted molar refractivity (Wildman–Crippen MR) is 93.4 cm³/mol. The van der Waals surface area contributed by atoms with Crippen LogP contribution in [0, 0.1) is 12.8 Å². The van der Waals surface area contributed by atoms with Gasteiger partial charge >= 0.3 is 0 Å². The molecule has 1 aliphatic heterocycles. The van der Waals surface area contributed by atoms with E-state index in [1.807, 2.05) is 11.4 Å². The van der Waals surface area contributed by atoms with E-state index in [2.05, 4.69) is 10.3 Å². The third-order valence-electron chi connectivity index (χ3n) is 4.17. The van der Waals surface area contributed by atoms with Gasteiger partial charge in [-0.25, -0.2) is 0 Å². The van der Waals surface area contributed by atoms with Crippen LogP contribution in [0.2, 0.25) is 0 Å². The van der Waals surface area contributed by atoms with Gasteiger partial charge in [-0.05, 0) is 37.3 Å². The topological polar surface area (TPSA) is 82.3 Å². The van der Waals surface area contributed by atoms with Crippen molar-refractivity contribution in [2.75, 3.05) is 18.4 Å². The van der Waals surface area contributed by atoms with E-state index >= 15 is 0 Å². The molecule has 0 bridgehead atoms. The lowest BCUT2D eigenvalue weighted by atomic mass is 9.97. The Morgan fingerprint density at radius 2 is 2.25 bits per heavy atom. The average molecular weight is 345 g/mol. The predicted octanol–water partition coefficient (Wildman–Crippen LogP) is 2.24. The Balaban J connectivity index is 1.65. The third-order valence-corrected chi connectivity index (χ3v) is 5.03. The molecule has 0 unspecified atom stereocenters. The molecule has 126 valence electrons. The first kappa shape index (κ1) is 16.4. The summed E-state index contributed by atoms with van der Waals surface area (Å²) in [5.41, 5.74) is 0.947. The molecule has 7 heteroatoms. The van der Waals surface area contributed by atoms with Crippen LogP contribution in [0.5, 0.6) is 0 Å². The number of piperidine rings is 1.